The molecule has 1 atom stereocenters. The summed E-state index contributed by atoms with van der Waals surface area (Å²) < 4.78 is 5.37. The molecule has 0 bridgehead atoms. The van der Waals surface area contributed by atoms with Crippen LogP contribution in [0.1, 0.15) is 31.9 Å². The number of hydrogen-bond acceptors (Lipinski definition) is 3. The Morgan fingerprint density at radius 3 is 2.64 bits per heavy atom. The van der Waals surface area contributed by atoms with Gasteiger partial charge in [0.25, 0.3) is 0 Å². The molecule has 0 saturated heterocycles. The Morgan fingerprint density at radius 1 is 1.23 bits per heavy atom. The van der Waals surface area contributed by atoms with Crippen LogP contribution in [0.2, 0.25) is 10.0 Å². The Labute approximate surface area is 140 Å². The lowest BCUT2D eigenvalue weighted by Crippen LogP contribution is -2.12. The minimum Gasteiger partial charge on any atom is -0.426 e. The van der Waals surface area contributed by atoms with E-state index in [9.17, 15) is 4.79 Å². The number of carbonyl (C=O) groups is 1. The average molecular weight is 338 g/mol. The molecule has 0 aliphatic heterocycles. The van der Waals surface area contributed by atoms with E-state index in [1.54, 1.807) is 25.1 Å². The summed E-state index contributed by atoms with van der Waals surface area (Å²) in [6.07, 6.45) is 0.314. The zero-order valence-corrected chi connectivity index (χ0v) is 13.9. The third-order valence-corrected chi connectivity index (χ3v) is 3.76. The van der Waals surface area contributed by atoms with E-state index in [2.05, 4.69) is 5.32 Å². The summed E-state index contributed by atoms with van der Waals surface area (Å²) in [6.45, 7) is 3.71. The van der Waals surface area contributed by atoms with E-state index in [0.29, 0.717) is 22.2 Å². The second-order valence-corrected chi connectivity index (χ2v) is 5.70. The van der Waals surface area contributed by atoms with Crippen molar-refractivity contribution < 1.29 is 9.53 Å². The van der Waals surface area contributed by atoms with Crippen molar-refractivity contribution in [3.05, 3.63) is 58.1 Å². The van der Waals surface area contributed by atoms with Crippen LogP contribution in [0.25, 0.3) is 0 Å². The van der Waals surface area contributed by atoms with Gasteiger partial charge in [0, 0.05) is 17.0 Å². The molecule has 0 fully saturated rings. The van der Waals surface area contributed by atoms with E-state index < -0.39 is 0 Å². The van der Waals surface area contributed by atoms with Gasteiger partial charge in [-0.25, -0.2) is 0 Å². The van der Waals surface area contributed by atoms with Crippen molar-refractivity contribution in [3.63, 3.8) is 0 Å². The summed E-state index contributed by atoms with van der Waals surface area (Å²) in [5.74, 6) is 0.219. The Kier molecular flexibility index (Phi) is 5.69. The molecule has 1 N–H and O–H groups in total. The summed E-state index contributed by atoms with van der Waals surface area (Å²) in [6, 6.07) is 12.5. The second-order valence-electron chi connectivity index (χ2n) is 4.86. The van der Waals surface area contributed by atoms with Crippen LogP contribution in [0.3, 0.4) is 0 Å². The minimum atomic E-state index is -0.284. The smallest absolute Gasteiger partial charge is 0.310 e. The molecule has 0 saturated carbocycles. The highest BCUT2D eigenvalue weighted by Gasteiger charge is 2.15. The molecular formula is C17H17Cl2NO2. The van der Waals surface area contributed by atoms with Crippen LogP contribution in [-0.2, 0) is 4.79 Å². The highest BCUT2D eigenvalue weighted by Crippen LogP contribution is 2.32. The van der Waals surface area contributed by atoms with Crippen molar-refractivity contribution in [1.29, 1.82) is 0 Å². The van der Waals surface area contributed by atoms with Crippen molar-refractivity contribution in [2.75, 3.05) is 5.32 Å². The number of hydrogen-bond donors (Lipinski definition) is 1. The molecule has 0 heterocycles. The largest absolute Gasteiger partial charge is 0.426 e. The summed E-state index contributed by atoms with van der Waals surface area (Å²) in [7, 11) is 0. The Balaban J connectivity index is 2.28. The van der Waals surface area contributed by atoms with Crippen LogP contribution in [0, 0.1) is 0 Å². The Bertz CT molecular complexity index is 673. The summed E-state index contributed by atoms with van der Waals surface area (Å²) >= 11 is 12.2. The second kappa shape index (κ2) is 7.52. The van der Waals surface area contributed by atoms with Gasteiger partial charge in [0.05, 0.1) is 16.8 Å². The molecular weight excluding hydrogens is 321 g/mol. The first kappa shape index (κ1) is 16.7. The fourth-order valence-electron chi connectivity index (χ4n) is 2.03. The molecule has 0 radical (unpaired) electrons. The van der Waals surface area contributed by atoms with Crippen LogP contribution in [0.4, 0.5) is 5.69 Å². The van der Waals surface area contributed by atoms with E-state index in [-0.39, 0.29) is 12.0 Å². The van der Waals surface area contributed by atoms with Gasteiger partial charge < -0.3 is 10.1 Å². The molecule has 22 heavy (non-hydrogen) atoms. The first-order valence-corrected chi connectivity index (χ1v) is 7.78. The Hall–Kier alpha value is -1.71. The highest BCUT2D eigenvalue weighted by molar-refractivity contribution is 6.33. The van der Waals surface area contributed by atoms with Gasteiger partial charge >= 0.3 is 5.97 Å². The predicted octanol–water partition coefficient (Wildman–Crippen LogP) is 5.48. The van der Waals surface area contributed by atoms with Crippen molar-refractivity contribution >= 4 is 34.9 Å². The number of carbonyl (C=O) groups excluding carboxylic acids is 1. The quantitative estimate of drug-likeness (QED) is 0.579. The zero-order chi connectivity index (χ0) is 16.1. The fourth-order valence-corrected chi connectivity index (χ4v) is 2.41. The standard InChI is InChI=1S/C17H17Cl2NO2/c1-3-17(21)22-16-9-8-12(18)10-13(16)11(2)20-15-7-5-4-6-14(15)19/h4-11,20H,3H2,1-2H3. The molecule has 0 aromatic heterocycles. The number of rotatable bonds is 5. The molecule has 5 heteroatoms. The number of anilines is 1. The van der Waals surface area contributed by atoms with Gasteiger partial charge in [-0.3, -0.25) is 4.79 Å². The number of esters is 1. The molecule has 2 aromatic rings. The fraction of sp³-hybridized carbons (Fsp3) is 0.235. The third kappa shape index (κ3) is 4.15. The van der Waals surface area contributed by atoms with E-state index in [1.165, 1.54) is 0 Å². The maximum absolute atomic E-state index is 11.6. The summed E-state index contributed by atoms with van der Waals surface area (Å²) in [5.41, 5.74) is 1.61. The lowest BCUT2D eigenvalue weighted by atomic mass is 10.1. The summed E-state index contributed by atoms with van der Waals surface area (Å²) in [4.78, 5) is 11.6. The van der Waals surface area contributed by atoms with Crippen molar-refractivity contribution in [3.8, 4) is 5.75 Å². The normalized spacial score (nSPS) is 11.8. The minimum absolute atomic E-state index is 0.127. The molecule has 116 valence electrons. The van der Waals surface area contributed by atoms with Gasteiger partial charge in [0.15, 0.2) is 0 Å². The third-order valence-electron chi connectivity index (χ3n) is 3.20. The first-order chi connectivity index (χ1) is 10.5. The number of nitrogens with one attached hydrogen (secondary N) is 1. The molecule has 3 nitrogen and oxygen atoms in total. The van der Waals surface area contributed by atoms with Crippen LogP contribution in [0.5, 0.6) is 5.75 Å². The van der Waals surface area contributed by atoms with Gasteiger partial charge in [-0.15, -0.1) is 0 Å². The predicted molar refractivity (Wildman–Crippen MR) is 90.9 cm³/mol. The molecule has 0 spiro atoms. The Morgan fingerprint density at radius 2 is 1.95 bits per heavy atom. The van der Waals surface area contributed by atoms with Gasteiger partial charge in [0.1, 0.15) is 5.75 Å². The zero-order valence-electron chi connectivity index (χ0n) is 12.4. The van der Waals surface area contributed by atoms with Crippen molar-refractivity contribution in [1.82, 2.24) is 0 Å². The molecule has 0 aliphatic rings. The number of halogens is 2. The van der Waals surface area contributed by atoms with Gasteiger partial charge in [0.2, 0.25) is 0 Å². The topological polar surface area (TPSA) is 38.3 Å². The molecule has 2 rings (SSSR count). The summed E-state index contributed by atoms with van der Waals surface area (Å²) in [5, 5.41) is 4.51. The number of ether oxygens (including phenoxy) is 1. The van der Waals surface area contributed by atoms with E-state index >= 15 is 0 Å². The van der Waals surface area contributed by atoms with Crippen LogP contribution < -0.4 is 10.1 Å². The lowest BCUT2D eigenvalue weighted by molar-refractivity contribution is -0.134. The van der Waals surface area contributed by atoms with Crippen molar-refractivity contribution in [2.45, 2.75) is 26.3 Å². The lowest BCUT2D eigenvalue weighted by Gasteiger charge is -2.19. The van der Waals surface area contributed by atoms with Gasteiger partial charge in [-0.05, 0) is 37.3 Å². The number of para-hydroxylation sites is 1. The number of benzene rings is 2. The molecule has 0 amide bonds. The van der Waals surface area contributed by atoms with Gasteiger partial charge in [-0.2, -0.15) is 0 Å². The first-order valence-electron chi connectivity index (χ1n) is 7.02. The van der Waals surface area contributed by atoms with Crippen LogP contribution >= 0.6 is 23.2 Å². The van der Waals surface area contributed by atoms with E-state index in [4.69, 9.17) is 27.9 Å². The molecule has 2 aromatic carbocycles. The maximum atomic E-state index is 11.6. The van der Waals surface area contributed by atoms with Crippen LogP contribution in [-0.4, -0.2) is 5.97 Å². The highest BCUT2D eigenvalue weighted by atomic mass is 35.5. The van der Waals surface area contributed by atoms with E-state index in [0.717, 1.165) is 11.3 Å². The average Bonchev–Trinajstić information content (AvgIpc) is 2.51. The van der Waals surface area contributed by atoms with E-state index in [1.807, 2.05) is 31.2 Å². The maximum Gasteiger partial charge on any atom is 0.310 e. The molecule has 0 aliphatic carbocycles. The molecule has 1 unspecified atom stereocenters. The SMILES string of the molecule is CCC(=O)Oc1ccc(Cl)cc1C(C)Nc1ccccc1Cl. The monoisotopic (exact) mass is 337 g/mol. The van der Waals surface area contributed by atoms with Gasteiger partial charge in [-0.1, -0.05) is 42.3 Å². The van der Waals surface area contributed by atoms with Crippen LogP contribution in [0.15, 0.2) is 42.5 Å². The van der Waals surface area contributed by atoms with Crippen molar-refractivity contribution in [2.24, 2.45) is 0 Å².